The summed E-state index contributed by atoms with van der Waals surface area (Å²) in [6.07, 6.45) is 0. The molecule has 0 aliphatic heterocycles. The monoisotopic (exact) mass is 370 g/mol. The second-order valence-electron chi connectivity index (χ2n) is 5.27. The summed E-state index contributed by atoms with van der Waals surface area (Å²) in [4.78, 5) is 17.9. The first-order valence-electron chi connectivity index (χ1n) is 7.24. The van der Waals surface area contributed by atoms with Gasteiger partial charge >= 0.3 is 0 Å². The van der Waals surface area contributed by atoms with Gasteiger partial charge in [-0.15, -0.1) is 11.3 Å². The van der Waals surface area contributed by atoms with Gasteiger partial charge in [-0.2, -0.15) is 0 Å². The minimum atomic E-state index is -0.130. The van der Waals surface area contributed by atoms with Crippen LogP contribution in [0.1, 0.15) is 0 Å². The maximum atomic E-state index is 12.9. The lowest BCUT2D eigenvalue weighted by molar-refractivity contribution is 0.943. The molecule has 0 aliphatic carbocycles. The minimum absolute atomic E-state index is 0.130. The van der Waals surface area contributed by atoms with Crippen molar-refractivity contribution in [3.05, 3.63) is 80.8 Å². The maximum absolute atomic E-state index is 12.9. The Bertz CT molecular complexity index is 1140. The number of aromatic amines is 1. The van der Waals surface area contributed by atoms with Crippen molar-refractivity contribution in [2.24, 2.45) is 0 Å². The molecule has 0 unspecified atom stereocenters. The molecule has 2 heterocycles. The van der Waals surface area contributed by atoms with Gasteiger partial charge in [-0.05, 0) is 48.1 Å². The third kappa shape index (κ3) is 2.60. The Morgan fingerprint density at radius 3 is 2.46 bits per heavy atom. The van der Waals surface area contributed by atoms with Crippen molar-refractivity contribution in [3.63, 3.8) is 0 Å². The van der Waals surface area contributed by atoms with Gasteiger partial charge in [0.2, 0.25) is 0 Å². The minimum Gasteiger partial charge on any atom is -0.323 e. The number of nitrogens with one attached hydrogen (secondary N) is 1. The molecule has 0 saturated heterocycles. The number of aromatic nitrogens is 2. The second-order valence-corrected chi connectivity index (χ2v) is 7.14. The van der Waals surface area contributed by atoms with Gasteiger partial charge in [0, 0.05) is 9.90 Å². The molecule has 0 atom stereocenters. The number of rotatable bonds is 2. The van der Waals surface area contributed by atoms with E-state index in [-0.39, 0.29) is 5.56 Å². The average molecular weight is 371 g/mol. The van der Waals surface area contributed by atoms with Crippen LogP contribution in [0.25, 0.3) is 26.3 Å². The standard InChI is InChI=1S/C18H11ClN2OS2/c19-12-6-8-13(9-7-12)21-17(22)14-10-15(11-4-2-1-3-5-11)24-16(14)20-18(21)23/h1-10H,(H,20,23). The van der Waals surface area contributed by atoms with E-state index in [0.29, 0.717) is 20.9 Å². The Balaban J connectivity index is 1.96. The van der Waals surface area contributed by atoms with Gasteiger partial charge in [-0.3, -0.25) is 9.36 Å². The molecule has 24 heavy (non-hydrogen) atoms. The van der Waals surface area contributed by atoms with Crippen LogP contribution in [0.15, 0.2) is 65.5 Å². The van der Waals surface area contributed by atoms with E-state index in [1.807, 2.05) is 36.4 Å². The molecule has 4 rings (SSSR count). The topological polar surface area (TPSA) is 37.8 Å². The van der Waals surface area contributed by atoms with Gasteiger partial charge in [-0.1, -0.05) is 41.9 Å². The Morgan fingerprint density at radius 2 is 1.75 bits per heavy atom. The molecule has 4 aromatic rings. The summed E-state index contributed by atoms with van der Waals surface area (Å²) in [5, 5.41) is 1.24. The molecule has 0 amide bonds. The first-order chi connectivity index (χ1) is 11.6. The highest BCUT2D eigenvalue weighted by Crippen LogP contribution is 2.31. The van der Waals surface area contributed by atoms with Crippen molar-refractivity contribution < 1.29 is 0 Å². The van der Waals surface area contributed by atoms with E-state index in [9.17, 15) is 4.79 Å². The molecular weight excluding hydrogens is 360 g/mol. The summed E-state index contributed by atoms with van der Waals surface area (Å²) < 4.78 is 1.87. The molecule has 118 valence electrons. The number of thiophene rings is 1. The van der Waals surface area contributed by atoms with Crippen LogP contribution >= 0.6 is 35.2 Å². The number of hydrogen-bond acceptors (Lipinski definition) is 3. The molecule has 1 N–H and O–H groups in total. The molecule has 2 aromatic carbocycles. The summed E-state index contributed by atoms with van der Waals surface area (Å²) in [7, 11) is 0. The molecule has 0 aliphatic rings. The molecule has 6 heteroatoms. The quantitative estimate of drug-likeness (QED) is 0.478. The highest BCUT2D eigenvalue weighted by atomic mass is 35.5. The van der Waals surface area contributed by atoms with Gasteiger partial charge in [0.05, 0.1) is 11.1 Å². The predicted octanol–water partition coefficient (Wildman–Crippen LogP) is 5.43. The van der Waals surface area contributed by atoms with Crippen LogP contribution in [-0.2, 0) is 0 Å². The van der Waals surface area contributed by atoms with Crippen LogP contribution in [0, 0.1) is 4.77 Å². The van der Waals surface area contributed by atoms with Crippen molar-refractivity contribution in [3.8, 4) is 16.1 Å². The SMILES string of the molecule is O=c1c2cc(-c3ccccc3)sc2[nH]c(=S)n1-c1ccc(Cl)cc1. The smallest absolute Gasteiger partial charge is 0.267 e. The first-order valence-corrected chi connectivity index (χ1v) is 8.84. The van der Waals surface area contributed by atoms with E-state index < -0.39 is 0 Å². The summed E-state index contributed by atoms with van der Waals surface area (Å²) in [5.74, 6) is 0. The fourth-order valence-electron chi connectivity index (χ4n) is 2.58. The van der Waals surface area contributed by atoms with Gasteiger partial charge in [0.15, 0.2) is 4.77 Å². The second kappa shape index (κ2) is 6.02. The molecule has 0 bridgehead atoms. The van der Waals surface area contributed by atoms with E-state index in [0.717, 1.165) is 15.3 Å². The fourth-order valence-corrected chi connectivity index (χ4v) is 4.11. The Kier molecular flexibility index (Phi) is 3.84. The van der Waals surface area contributed by atoms with Crippen LogP contribution in [0.4, 0.5) is 0 Å². The summed E-state index contributed by atoms with van der Waals surface area (Å²) in [6.45, 7) is 0. The van der Waals surface area contributed by atoms with Gasteiger partial charge < -0.3 is 4.98 Å². The normalized spacial score (nSPS) is 11.0. The van der Waals surface area contributed by atoms with Crippen molar-refractivity contribution in [2.75, 3.05) is 0 Å². The molecule has 0 spiro atoms. The van der Waals surface area contributed by atoms with Gasteiger partial charge in [-0.25, -0.2) is 0 Å². The van der Waals surface area contributed by atoms with Crippen LogP contribution in [0.5, 0.6) is 0 Å². The number of hydrogen-bond donors (Lipinski definition) is 1. The first kappa shape index (κ1) is 15.3. The van der Waals surface area contributed by atoms with E-state index in [1.54, 1.807) is 24.3 Å². The van der Waals surface area contributed by atoms with Crippen LogP contribution in [0.2, 0.25) is 5.02 Å². The predicted molar refractivity (Wildman–Crippen MR) is 103 cm³/mol. The number of fused-ring (bicyclic) bond motifs is 1. The van der Waals surface area contributed by atoms with Crippen LogP contribution in [0.3, 0.4) is 0 Å². The highest BCUT2D eigenvalue weighted by molar-refractivity contribution is 7.71. The number of nitrogens with zero attached hydrogens (tertiary/aromatic N) is 1. The average Bonchev–Trinajstić information content (AvgIpc) is 3.02. The highest BCUT2D eigenvalue weighted by Gasteiger charge is 2.12. The fraction of sp³-hybridized carbons (Fsp3) is 0. The zero-order valence-corrected chi connectivity index (χ0v) is 14.7. The lowest BCUT2D eigenvalue weighted by Crippen LogP contribution is -2.19. The molecule has 0 fully saturated rings. The third-order valence-electron chi connectivity index (χ3n) is 3.73. The summed E-state index contributed by atoms with van der Waals surface area (Å²) in [6, 6.07) is 18.9. The molecule has 0 saturated carbocycles. The van der Waals surface area contributed by atoms with Crippen molar-refractivity contribution in [1.82, 2.24) is 9.55 Å². The molecule has 0 radical (unpaired) electrons. The zero-order valence-electron chi connectivity index (χ0n) is 12.3. The lowest BCUT2D eigenvalue weighted by atomic mass is 10.2. The number of benzene rings is 2. The third-order valence-corrected chi connectivity index (χ3v) is 5.37. The van der Waals surface area contributed by atoms with E-state index in [2.05, 4.69) is 4.98 Å². The Morgan fingerprint density at radius 1 is 1.04 bits per heavy atom. The van der Waals surface area contributed by atoms with E-state index >= 15 is 0 Å². The number of H-pyrrole nitrogens is 1. The maximum Gasteiger partial charge on any atom is 0.267 e. The van der Waals surface area contributed by atoms with Gasteiger partial charge in [0.25, 0.3) is 5.56 Å². The molecule has 2 aromatic heterocycles. The molecular formula is C18H11ClN2OS2. The van der Waals surface area contributed by atoms with Crippen LogP contribution < -0.4 is 5.56 Å². The summed E-state index contributed by atoms with van der Waals surface area (Å²) in [5.41, 5.74) is 1.64. The largest absolute Gasteiger partial charge is 0.323 e. The van der Waals surface area contributed by atoms with Gasteiger partial charge in [0.1, 0.15) is 4.83 Å². The Hall–Kier alpha value is -2.21. The summed E-state index contributed by atoms with van der Waals surface area (Å²) >= 11 is 12.8. The molecule has 3 nitrogen and oxygen atoms in total. The lowest BCUT2D eigenvalue weighted by Gasteiger charge is -2.06. The zero-order chi connectivity index (χ0) is 16.7. The van der Waals surface area contributed by atoms with E-state index in [4.69, 9.17) is 23.8 Å². The Labute approximate surface area is 151 Å². The van der Waals surface area contributed by atoms with Crippen molar-refractivity contribution in [2.45, 2.75) is 0 Å². The van der Waals surface area contributed by atoms with Crippen LogP contribution in [-0.4, -0.2) is 9.55 Å². The van der Waals surface area contributed by atoms with E-state index in [1.165, 1.54) is 15.9 Å². The number of halogens is 1. The van der Waals surface area contributed by atoms with Crippen molar-refractivity contribution >= 4 is 45.4 Å². The van der Waals surface area contributed by atoms with Crippen molar-refractivity contribution in [1.29, 1.82) is 0 Å².